The maximum Gasteiger partial charge on any atom is 0.361 e. The van der Waals surface area contributed by atoms with Crippen LogP contribution in [0.4, 0.5) is 4.39 Å². The number of carbonyl (C=O) groups excluding carboxylic acids is 1. The summed E-state index contributed by atoms with van der Waals surface area (Å²) in [5.74, 6) is -1.20. The summed E-state index contributed by atoms with van der Waals surface area (Å²) >= 11 is 0.502. The third-order valence-electron chi connectivity index (χ3n) is 1.70. The Labute approximate surface area is 102 Å². The van der Waals surface area contributed by atoms with Crippen LogP contribution in [0.2, 0.25) is 0 Å². The van der Waals surface area contributed by atoms with E-state index in [0.29, 0.717) is 16.7 Å². The molecule has 0 bridgehead atoms. The van der Waals surface area contributed by atoms with Gasteiger partial charge in [0.2, 0.25) is 0 Å². The number of carbonyl (C=O) groups is 1. The number of halogens is 1. The van der Waals surface area contributed by atoms with E-state index in [2.05, 4.69) is 14.8 Å². The predicted molar refractivity (Wildman–Crippen MR) is 61.9 cm³/mol. The van der Waals surface area contributed by atoms with Crippen molar-refractivity contribution < 1.29 is 13.9 Å². The molecule has 0 N–H and O–H groups in total. The lowest BCUT2D eigenvalue weighted by Crippen LogP contribution is -2.29. The summed E-state index contributed by atoms with van der Waals surface area (Å²) in [6.07, 6.45) is 0. The normalized spacial score (nSPS) is 13.3. The van der Waals surface area contributed by atoms with Gasteiger partial charge in [0.1, 0.15) is 0 Å². The molecule has 0 aromatic heterocycles. The van der Waals surface area contributed by atoms with Crippen LogP contribution in [-0.4, -0.2) is 17.7 Å². The molecule has 0 radical (unpaired) electrons. The van der Waals surface area contributed by atoms with Crippen molar-refractivity contribution in [3.05, 3.63) is 40.8 Å². The van der Waals surface area contributed by atoms with Crippen LogP contribution in [0.25, 0.3) is 10.4 Å². The van der Waals surface area contributed by atoms with Crippen LogP contribution in [0.5, 0.6) is 0 Å². The number of rotatable bonds is 5. The zero-order chi connectivity index (χ0) is 12.7. The fraction of sp³-hybridized carbons (Fsp3) is 0.300. The molecule has 1 aromatic carbocycles. The van der Waals surface area contributed by atoms with E-state index in [1.54, 1.807) is 37.3 Å². The second-order valence-electron chi connectivity index (χ2n) is 2.89. The molecular formula is C10H10FN3O2S. The minimum Gasteiger partial charge on any atom is -0.463 e. The third-order valence-corrected chi connectivity index (χ3v) is 2.72. The van der Waals surface area contributed by atoms with E-state index >= 15 is 0 Å². The highest BCUT2D eigenvalue weighted by molar-refractivity contribution is 8.01. The summed E-state index contributed by atoms with van der Waals surface area (Å²) in [5, 5.41) is 0.101. The Morgan fingerprint density at radius 3 is 2.76 bits per heavy atom. The van der Waals surface area contributed by atoms with Crippen molar-refractivity contribution in [1.29, 1.82) is 0 Å². The molecule has 1 rings (SSSR count). The van der Waals surface area contributed by atoms with Gasteiger partial charge in [-0.05, 0) is 29.7 Å². The van der Waals surface area contributed by atoms with Gasteiger partial charge in [0, 0.05) is 9.81 Å². The number of thioether (sulfide) groups is 1. The topological polar surface area (TPSA) is 75.1 Å². The van der Waals surface area contributed by atoms with Gasteiger partial charge >= 0.3 is 11.1 Å². The number of hydrogen-bond acceptors (Lipinski definition) is 4. The molecule has 1 aromatic rings. The number of ether oxygens (including phenoxy) is 1. The summed E-state index contributed by atoms with van der Waals surface area (Å²) in [4.78, 5) is 14.2. The maximum atomic E-state index is 14.1. The van der Waals surface area contributed by atoms with Crippen molar-refractivity contribution in [3.8, 4) is 0 Å². The number of azide groups is 1. The van der Waals surface area contributed by atoms with Crippen LogP contribution < -0.4 is 0 Å². The average molecular weight is 255 g/mol. The smallest absolute Gasteiger partial charge is 0.361 e. The monoisotopic (exact) mass is 255 g/mol. The third kappa shape index (κ3) is 3.65. The fourth-order valence-electron chi connectivity index (χ4n) is 1.03. The first kappa shape index (κ1) is 13.3. The quantitative estimate of drug-likeness (QED) is 0.202. The molecule has 5 nitrogen and oxygen atoms in total. The van der Waals surface area contributed by atoms with Gasteiger partial charge in [0.15, 0.2) is 0 Å². The summed E-state index contributed by atoms with van der Waals surface area (Å²) in [5.41, 5.74) is 8.29. The van der Waals surface area contributed by atoms with Gasteiger partial charge in [0.25, 0.3) is 0 Å². The molecule has 0 aliphatic heterocycles. The van der Waals surface area contributed by atoms with Crippen LogP contribution in [0, 0.1) is 0 Å². The summed E-state index contributed by atoms with van der Waals surface area (Å²) in [6.45, 7) is 1.56. The summed E-state index contributed by atoms with van der Waals surface area (Å²) < 4.78 is 18.7. The van der Waals surface area contributed by atoms with Crippen molar-refractivity contribution in [2.75, 3.05) is 6.61 Å². The van der Waals surface area contributed by atoms with Gasteiger partial charge in [-0.2, -0.15) is 0 Å². The van der Waals surface area contributed by atoms with E-state index < -0.39 is 11.1 Å². The molecule has 0 saturated heterocycles. The Kier molecular flexibility index (Phi) is 4.81. The predicted octanol–water partition coefficient (Wildman–Crippen LogP) is 3.28. The molecule has 7 heteroatoms. The number of esters is 1. The van der Waals surface area contributed by atoms with Gasteiger partial charge in [-0.1, -0.05) is 30.0 Å². The van der Waals surface area contributed by atoms with Gasteiger partial charge in [0.05, 0.1) is 6.61 Å². The molecule has 1 unspecified atom stereocenters. The van der Waals surface area contributed by atoms with Gasteiger partial charge in [-0.25, -0.2) is 9.18 Å². The van der Waals surface area contributed by atoms with Crippen LogP contribution in [0.15, 0.2) is 40.3 Å². The van der Waals surface area contributed by atoms with Crippen molar-refractivity contribution in [2.45, 2.75) is 16.9 Å². The molecular weight excluding hydrogens is 245 g/mol. The number of alkyl halides is 1. The SMILES string of the molecule is CCOC(=O)C(F)(N=[N+]=[N-])Sc1ccccc1. The second kappa shape index (κ2) is 6.12. The number of nitrogens with zero attached hydrogens (tertiary/aromatic N) is 3. The van der Waals surface area contributed by atoms with E-state index in [1.165, 1.54) is 0 Å². The molecule has 1 atom stereocenters. The van der Waals surface area contributed by atoms with Gasteiger partial charge in [-0.3, -0.25) is 0 Å². The first-order valence-corrected chi connectivity index (χ1v) is 5.60. The molecule has 0 fully saturated rings. The minimum absolute atomic E-state index is 0.0147. The van der Waals surface area contributed by atoms with E-state index in [0.717, 1.165) is 0 Å². The molecule has 0 heterocycles. The average Bonchev–Trinajstić information content (AvgIpc) is 2.31. The second-order valence-corrected chi connectivity index (χ2v) is 4.10. The van der Waals surface area contributed by atoms with Crippen LogP contribution in [0.1, 0.15) is 6.92 Å². The zero-order valence-corrected chi connectivity index (χ0v) is 9.85. The maximum absolute atomic E-state index is 14.1. The minimum atomic E-state index is -2.77. The summed E-state index contributed by atoms with van der Waals surface area (Å²) in [6, 6.07) is 8.33. The van der Waals surface area contributed by atoms with E-state index in [-0.39, 0.29) is 6.61 Å². The first-order chi connectivity index (χ1) is 8.12. The Hall–Kier alpha value is -1.72. The molecule has 0 spiro atoms. The lowest BCUT2D eigenvalue weighted by Gasteiger charge is -2.16. The highest BCUT2D eigenvalue weighted by Crippen LogP contribution is 2.36. The summed E-state index contributed by atoms with van der Waals surface area (Å²) in [7, 11) is 0. The Balaban J connectivity index is 2.93. The molecule has 0 amide bonds. The Morgan fingerprint density at radius 2 is 2.24 bits per heavy atom. The highest BCUT2D eigenvalue weighted by atomic mass is 32.2. The number of hydrogen-bond donors (Lipinski definition) is 0. The molecule has 0 aliphatic rings. The Bertz CT molecular complexity index is 436. The van der Waals surface area contributed by atoms with Crippen LogP contribution >= 0.6 is 11.8 Å². The van der Waals surface area contributed by atoms with E-state index in [1.807, 2.05) is 0 Å². The standard InChI is InChI=1S/C10H10FN3O2S/c1-2-16-9(15)10(11,13-14-12)17-8-6-4-3-5-7-8/h3-7H,2H2,1H3. The molecule has 0 aliphatic carbocycles. The Morgan fingerprint density at radius 1 is 1.59 bits per heavy atom. The van der Waals surface area contributed by atoms with Crippen LogP contribution in [0.3, 0.4) is 0 Å². The molecule has 90 valence electrons. The fourth-order valence-corrected chi connectivity index (χ4v) is 1.85. The molecule has 17 heavy (non-hydrogen) atoms. The van der Waals surface area contributed by atoms with Crippen molar-refractivity contribution in [3.63, 3.8) is 0 Å². The van der Waals surface area contributed by atoms with E-state index in [9.17, 15) is 9.18 Å². The van der Waals surface area contributed by atoms with Crippen molar-refractivity contribution in [2.24, 2.45) is 5.11 Å². The van der Waals surface area contributed by atoms with Crippen molar-refractivity contribution >= 4 is 17.7 Å². The van der Waals surface area contributed by atoms with Crippen LogP contribution in [-0.2, 0) is 9.53 Å². The van der Waals surface area contributed by atoms with Crippen molar-refractivity contribution in [1.82, 2.24) is 0 Å². The van der Waals surface area contributed by atoms with Gasteiger partial charge in [-0.15, -0.1) is 0 Å². The first-order valence-electron chi connectivity index (χ1n) is 4.79. The van der Waals surface area contributed by atoms with E-state index in [4.69, 9.17) is 5.53 Å². The lowest BCUT2D eigenvalue weighted by molar-refractivity contribution is -0.150. The zero-order valence-electron chi connectivity index (χ0n) is 9.04. The highest BCUT2D eigenvalue weighted by Gasteiger charge is 2.41. The largest absolute Gasteiger partial charge is 0.463 e. The lowest BCUT2D eigenvalue weighted by atomic mass is 10.4. The van der Waals surface area contributed by atoms with Gasteiger partial charge < -0.3 is 4.74 Å². The number of benzene rings is 1. The molecule has 0 saturated carbocycles.